The number of benzene rings is 3. The molecule has 1 saturated heterocycles. The van der Waals surface area contributed by atoms with E-state index < -0.39 is 17.7 Å². The average molecular weight is 512 g/mol. The second-order valence-corrected chi connectivity index (χ2v) is 10.1. The third-order valence-electron chi connectivity index (χ3n) is 7.10. The first-order valence-electron chi connectivity index (χ1n) is 13.3. The molecule has 5 rings (SSSR count). The SMILES string of the molecule is CC(C)OCCN1C(=O)C(=O)/C(=C(\O)c2ccc3c(c2)CCCC3)C1c1cccc(Oc2ccccc2)c1. The first kappa shape index (κ1) is 25.7. The molecule has 1 aliphatic heterocycles. The topological polar surface area (TPSA) is 76.1 Å². The fourth-order valence-electron chi connectivity index (χ4n) is 5.25. The van der Waals surface area contributed by atoms with Gasteiger partial charge in [-0.2, -0.15) is 0 Å². The Morgan fingerprint density at radius 3 is 2.42 bits per heavy atom. The summed E-state index contributed by atoms with van der Waals surface area (Å²) in [4.78, 5) is 28.2. The second-order valence-electron chi connectivity index (χ2n) is 10.1. The standard InChI is InChI=1S/C32H33NO5/c1-21(2)37-18-17-33-29(24-11-8-14-27(20-24)38-26-12-4-3-5-13-26)28(31(35)32(33)36)30(34)25-16-15-22-9-6-7-10-23(22)19-25/h3-5,8,11-16,19-21,29,34H,6-7,9-10,17-18H2,1-2H3/b30-28-. The Bertz CT molecular complexity index is 1360. The number of aliphatic hydroxyl groups is 1. The lowest BCUT2D eigenvalue weighted by Crippen LogP contribution is -2.33. The van der Waals surface area contributed by atoms with E-state index in [1.54, 1.807) is 0 Å². The van der Waals surface area contributed by atoms with Gasteiger partial charge in [0.15, 0.2) is 0 Å². The van der Waals surface area contributed by atoms with Crippen LogP contribution in [0.25, 0.3) is 5.76 Å². The van der Waals surface area contributed by atoms with E-state index in [-0.39, 0.29) is 30.6 Å². The van der Waals surface area contributed by atoms with Gasteiger partial charge in [0.1, 0.15) is 17.3 Å². The molecule has 3 aromatic carbocycles. The number of aryl methyl sites for hydroxylation is 2. The van der Waals surface area contributed by atoms with Crippen molar-refractivity contribution in [2.24, 2.45) is 0 Å². The van der Waals surface area contributed by atoms with Crippen LogP contribution in [-0.2, 0) is 27.2 Å². The molecule has 196 valence electrons. The molecule has 38 heavy (non-hydrogen) atoms. The number of para-hydroxylation sites is 1. The van der Waals surface area contributed by atoms with E-state index in [4.69, 9.17) is 9.47 Å². The summed E-state index contributed by atoms with van der Waals surface area (Å²) < 4.78 is 11.7. The number of likely N-dealkylation sites (tertiary alicyclic amines) is 1. The number of hydrogen-bond donors (Lipinski definition) is 1. The maximum Gasteiger partial charge on any atom is 0.295 e. The highest BCUT2D eigenvalue weighted by Gasteiger charge is 2.46. The number of rotatable bonds is 8. The molecule has 0 spiro atoms. The van der Waals surface area contributed by atoms with Gasteiger partial charge in [-0.15, -0.1) is 0 Å². The van der Waals surface area contributed by atoms with E-state index in [0.29, 0.717) is 22.6 Å². The van der Waals surface area contributed by atoms with Crippen LogP contribution in [0, 0.1) is 0 Å². The predicted octanol–water partition coefficient (Wildman–Crippen LogP) is 6.20. The van der Waals surface area contributed by atoms with Gasteiger partial charge in [-0.25, -0.2) is 0 Å². The van der Waals surface area contributed by atoms with E-state index >= 15 is 0 Å². The maximum atomic E-state index is 13.4. The van der Waals surface area contributed by atoms with E-state index in [1.165, 1.54) is 16.0 Å². The average Bonchev–Trinajstić information content (AvgIpc) is 3.18. The molecule has 0 radical (unpaired) electrons. The number of carbonyl (C=O) groups is 2. The number of fused-ring (bicyclic) bond motifs is 1. The number of hydrogen-bond acceptors (Lipinski definition) is 5. The van der Waals surface area contributed by atoms with Crippen LogP contribution in [-0.4, -0.2) is 41.0 Å². The van der Waals surface area contributed by atoms with Crippen molar-refractivity contribution >= 4 is 17.4 Å². The van der Waals surface area contributed by atoms with Crippen molar-refractivity contribution in [1.29, 1.82) is 0 Å². The molecule has 1 heterocycles. The van der Waals surface area contributed by atoms with Gasteiger partial charge < -0.3 is 19.5 Å². The van der Waals surface area contributed by atoms with E-state index in [2.05, 4.69) is 0 Å². The second kappa shape index (κ2) is 11.2. The third-order valence-corrected chi connectivity index (χ3v) is 7.10. The predicted molar refractivity (Wildman–Crippen MR) is 146 cm³/mol. The summed E-state index contributed by atoms with van der Waals surface area (Å²) in [7, 11) is 0. The Kier molecular flexibility index (Phi) is 7.61. The molecule has 2 aliphatic rings. The summed E-state index contributed by atoms with van der Waals surface area (Å²) in [6.07, 6.45) is 4.21. The van der Waals surface area contributed by atoms with E-state index in [9.17, 15) is 14.7 Å². The lowest BCUT2D eigenvalue weighted by atomic mass is 9.88. The molecule has 1 atom stereocenters. The van der Waals surface area contributed by atoms with Gasteiger partial charge in [-0.05, 0) is 86.6 Å². The minimum atomic E-state index is -0.763. The van der Waals surface area contributed by atoms with Crippen molar-refractivity contribution in [2.45, 2.75) is 51.7 Å². The van der Waals surface area contributed by atoms with Crippen LogP contribution in [0.5, 0.6) is 11.5 Å². The molecule has 0 bridgehead atoms. The zero-order valence-electron chi connectivity index (χ0n) is 21.9. The first-order valence-corrected chi connectivity index (χ1v) is 13.3. The van der Waals surface area contributed by atoms with Crippen molar-refractivity contribution in [3.05, 3.63) is 101 Å². The summed E-state index contributed by atoms with van der Waals surface area (Å²) in [6.45, 7) is 4.34. The number of nitrogens with zero attached hydrogens (tertiary/aromatic N) is 1. The Balaban J connectivity index is 1.56. The van der Waals surface area contributed by atoms with Crippen molar-refractivity contribution in [3.8, 4) is 11.5 Å². The molecule has 1 unspecified atom stereocenters. The van der Waals surface area contributed by atoms with Crippen LogP contribution in [0.1, 0.15) is 55.0 Å². The molecular formula is C32H33NO5. The highest BCUT2D eigenvalue weighted by Crippen LogP contribution is 2.41. The Morgan fingerprint density at radius 1 is 0.921 bits per heavy atom. The quantitative estimate of drug-likeness (QED) is 0.221. The Hall–Kier alpha value is -3.90. The normalized spacial score (nSPS) is 18.6. The summed E-state index contributed by atoms with van der Waals surface area (Å²) in [5.74, 6) is -0.228. The zero-order valence-corrected chi connectivity index (χ0v) is 21.9. The van der Waals surface area contributed by atoms with Gasteiger partial charge in [0.05, 0.1) is 24.3 Å². The Labute approximate surface area is 223 Å². The molecule has 3 aromatic rings. The lowest BCUT2D eigenvalue weighted by Gasteiger charge is -2.26. The Morgan fingerprint density at radius 2 is 1.66 bits per heavy atom. The van der Waals surface area contributed by atoms with Gasteiger partial charge in [0.25, 0.3) is 11.7 Å². The van der Waals surface area contributed by atoms with Gasteiger partial charge in [-0.3, -0.25) is 9.59 Å². The van der Waals surface area contributed by atoms with Crippen molar-refractivity contribution in [3.63, 3.8) is 0 Å². The molecule has 1 N–H and O–H groups in total. The molecular weight excluding hydrogens is 478 g/mol. The summed E-state index contributed by atoms with van der Waals surface area (Å²) in [6, 6.07) is 21.8. The zero-order chi connectivity index (χ0) is 26.6. The highest BCUT2D eigenvalue weighted by atomic mass is 16.5. The minimum Gasteiger partial charge on any atom is -0.507 e. The highest BCUT2D eigenvalue weighted by molar-refractivity contribution is 6.46. The van der Waals surface area contributed by atoms with Gasteiger partial charge >= 0.3 is 0 Å². The van der Waals surface area contributed by atoms with Crippen LogP contribution in [0.15, 0.2) is 78.4 Å². The van der Waals surface area contributed by atoms with Crippen molar-refractivity contribution in [2.75, 3.05) is 13.2 Å². The van der Waals surface area contributed by atoms with Crippen LogP contribution in [0.4, 0.5) is 0 Å². The molecule has 0 saturated carbocycles. The molecule has 1 fully saturated rings. The third kappa shape index (κ3) is 5.36. The first-order chi connectivity index (χ1) is 18.4. The fraction of sp³-hybridized carbons (Fsp3) is 0.312. The largest absolute Gasteiger partial charge is 0.507 e. The van der Waals surface area contributed by atoms with E-state index in [0.717, 1.165) is 25.7 Å². The van der Waals surface area contributed by atoms with Gasteiger partial charge in [-0.1, -0.05) is 42.5 Å². The summed E-state index contributed by atoms with van der Waals surface area (Å²) in [5.41, 5.74) is 3.80. The number of amides is 1. The molecule has 6 heteroatoms. The van der Waals surface area contributed by atoms with Crippen molar-refractivity contribution < 1.29 is 24.2 Å². The molecule has 1 amide bonds. The monoisotopic (exact) mass is 511 g/mol. The number of ketones is 1. The number of aliphatic hydroxyl groups excluding tert-OH is 1. The molecule has 1 aliphatic carbocycles. The number of ether oxygens (including phenoxy) is 2. The van der Waals surface area contributed by atoms with Gasteiger partial charge in [0.2, 0.25) is 0 Å². The summed E-state index contributed by atoms with van der Waals surface area (Å²) >= 11 is 0. The summed E-state index contributed by atoms with van der Waals surface area (Å²) in [5, 5.41) is 11.5. The number of Topliss-reactive ketones (excluding diaryl/α,β-unsaturated/α-hetero) is 1. The van der Waals surface area contributed by atoms with Crippen LogP contribution in [0.3, 0.4) is 0 Å². The smallest absolute Gasteiger partial charge is 0.295 e. The maximum absolute atomic E-state index is 13.4. The van der Waals surface area contributed by atoms with Crippen LogP contribution in [0.2, 0.25) is 0 Å². The van der Waals surface area contributed by atoms with Gasteiger partial charge in [0, 0.05) is 12.1 Å². The molecule has 6 nitrogen and oxygen atoms in total. The van der Waals surface area contributed by atoms with Crippen LogP contribution < -0.4 is 4.74 Å². The minimum absolute atomic E-state index is 0.0108. The van der Waals surface area contributed by atoms with E-state index in [1.807, 2.05) is 86.6 Å². The molecule has 0 aromatic heterocycles. The fourth-order valence-corrected chi connectivity index (χ4v) is 5.25. The lowest BCUT2D eigenvalue weighted by molar-refractivity contribution is -0.140. The number of carbonyl (C=O) groups excluding carboxylic acids is 2. The van der Waals surface area contributed by atoms with Crippen LogP contribution >= 0.6 is 0 Å². The van der Waals surface area contributed by atoms with Crippen molar-refractivity contribution in [1.82, 2.24) is 4.90 Å².